The van der Waals surface area contributed by atoms with Gasteiger partial charge in [0, 0.05) is 6.61 Å². The quantitative estimate of drug-likeness (QED) is 0.723. The van der Waals surface area contributed by atoms with E-state index in [0.717, 1.165) is 12.8 Å². The van der Waals surface area contributed by atoms with Gasteiger partial charge in [0.15, 0.2) is 0 Å². The highest BCUT2D eigenvalue weighted by molar-refractivity contribution is 5.15. The lowest BCUT2D eigenvalue weighted by Gasteiger charge is -2.10. The maximum atomic E-state index is 8.99. The summed E-state index contributed by atoms with van der Waals surface area (Å²) in [5, 5.41) is 8.99. The van der Waals surface area contributed by atoms with Crippen molar-refractivity contribution in [2.24, 2.45) is 5.92 Å². The summed E-state index contributed by atoms with van der Waals surface area (Å²) < 4.78 is 0. The molecule has 0 heterocycles. The molecular weight excluding hydrogens is 148 g/mol. The van der Waals surface area contributed by atoms with Crippen molar-refractivity contribution in [2.75, 3.05) is 6.61 Å². The zero-order chi connectivity index (χ0) is 8.81. The van der Waals surface area contributed by atoms with Gasteiger partial charge in [-0.1, -0.05) is 43.7 Å². The zero-order valence-electron chi connectivity index (χ0n) is 7.53. The number of hydrogen-bond acceptors (Lipinski definition) is 1. The molecule has 0 aromatic heterocycles. The first-order valence-electron chi connectivity index (χ1n) is 4.51. The van der Waals surface area contributed by atoms with Crippen LogP contribution in [-0.2, 0) is 6.42 Å². The molecule has 0 aliphatic heterocycles. The molecule has 12 heavy (non-hydrogen) atoms. The molecule has 1 unspecified atom stereocenters. The van der Waals surface area contributed by atoms with Gasteiger partial charge in [-0.2, -0.15) is 0 Å². The standard InChI is InChI=1S/C11H16O/c1-2-10(9-12)8-11-6-4-3-5-7-11/h3-7,10,12H,2,8-9H2,1H3. The van der Waals surface area contributed by atoms with Crippen LogP contribution in [0.3, 0.4) is 0 Å². The van der Waals surface area contributed by atoms with Crippen LogP contribution < -0.4 is 0 Å². The largest absolute Gasteiger partial charge is 0.396 e. The van der Waals surface area contributed by atoms with Gasteiger partial charge in [0.25, 0.3) is 0 Å². The summed E-state index contributed by atoms with van der Waals surface area (Å²) in [7, 11) is 0. The minimum absolute atomic E-state index is 0.297. The van der Waals surface area contributed by atoms with Crippen LogP contribution in [0, 0.1) is 5.92 Å². The summed E-state index contributed by atoms with van der Waals surface area (Å²) in [5.74, 6) is 0.424. The summed E-state index contributed by atoms with van der Waals surface area (Å²) in [6.07, 6.45) is 2.04. The Hall–Kier alpha value is -0.820. The van der Waals surface area contributed by atoms with Gasteiger partial charge in [-0.05, 0) is 17.9 Å². The molecule has 66 valence electrons. The molecule has 1 N–H and O–H groups in total. The predicted octanol–water partition coefficient (Wildman–Crippen LogP) is 2.25. The molecule has 0 fully saturated rings. The maximum absolute atomic E-state index is 8.99. The lowest BCUT2D eigenvalue weighted by Crippen LogP contribution is -2.07. The van der Waals surface area contributed by atoms with Crippen molar-refractivity contribution in [2.45, 2.75) is 19.8 Å². The van der Waals surface area contributed by atoms with Crippen molar-refractivity contribution >= 4 is 0 Å². The van der Waals surface area contributed by atoms with Gasteiger partial charge in [-0.25, -0.2) is 0 Å². The molecule has 0 bridgehead atoms. The average Bonchev–Trinajstić information content (AvgIpc) is 2.16. The first kappa shape index (κ1) is 9.27. The number of benzene rings is 1. The Bertz CT molecular complexity index is 202. The van der Waals surface area contributed by atoms with Crippen molar-refractivity contribution < 1.29 is 5.11 Å². The van der Waals surface area contributed by atoms with E-state index in [0.29, 0.717) is 12.5 Å². The van der Waals surface area contributed by atoms with Gasteiger partial charge in [0.05, 0.1) is 0 Å². The van der Waals surface area contributed by atoms with E-state index < -0.39 is 0 Å². The Morgan fingerprint density at radius 1 is 1.25 bits per heavy atom. The van der Waals surface area contributed by atoms with Crippen molar-refractivity contribution in [1.82, 2.24) is 0 Å². The summed E-state index contributed by atoms with van der Waals surface area (Å²) >= 11 is 0. The van der Waals surface area contributed by atoms with Crippen LogP contribution in [0.25, 0.3) is 0 Å². The van der Waals surface area contributed by atoms with E-state index >= 15 is 0 Å². The van der Waals surface area contributed by atoms with E-state index in [9.17, 15) is 0 Å². The summed E-state index contributed by atoms with van der Waals surface area (Å²) in [6, 6.07) is 10.3. The third-order valence-electron chi connectivity index (χ3n) is 2.20. The van der Waals surface area contributed by atoms with Crippen LogP contribution in [-0.4, -0.2) is 11.7 Å². The van der Waals surface area contributed by atoms with E-state index in [1.165, 1.54) is 5.56 Å². The van der Waals surface area contributed by atoms with Gasteiger partial charge < -0.3 is 5.11 Å². The minimum atomic E-state index is 0.297. The van der Waals surface area contributed by atoms with Gasteiger partial charge in [-0.3, -0.25) is 0 Å². The second-order valence-electron chi connectivity index (χ2n) is 3.15. The second-order valence-corrected chi connectivity index (χ2v) is 3.15. The molecule has 1 aromatic rings. The maximum Gasteiger partial charge on any atom is 0.0462 e. The van der Waals surface area contributed by atoms with Crippen LogP contribution in [0.2, 0.25) is 0 Å². The van der Waals surface area contributed by atoms with E-state index in [1.807, 2.05) is 18.2 Å². The van der Waals surface area contributed by atoms with Crippen LogP contribution in [0.4, 0.5) is 0 Å². The van der Waals surface area contributed by atoms with Crippen LogP contribution in [0.5, 0.6) is 0 Å². The molecule has 0 amide bonds. The second kappa shape index (κ2) is 4.94. The lowest BCUT2D eigenvalue weighted by molar-refractivity contribution is 0.222. The smallest absolute Gasteiger partial charge is 0.0462 e. The van der Waals surface area contributed by atoms with Crippen LogP contribution in [0.15, 0.2) is 30.3 Å². The zero-order valence-corrected chi connectivity index (χ0v) is 7.53. The Kier molecular flexibility index (Phi) is 3.81. The average molecular weight is 164 g/mol. The fraction of sp³-hybridized carbons (Fsp3) is 0.455. The number of aliphatic hydroxyl groups excluding tert-OH is 1. The van der Waals surface area contributed by atoms with Crippen LogP contribution in [0.1, 0.15) is 18.9 Å². The molecule has 0 saturated heterocycles. The molecule has 0 saturated carbocycles. The summed E-state index contributed by atoms with van der Waals surface area (Å²) in [6.45, 7) is 2.41. The Morgan fingerprint density at radius 2 is 1.92 bits per heavy atom. The monoisotopic (exact) mass is 164 g/mol. The van der Waals surface area contributed by atoms with Crippen LogP contribution >= 0.6 is 0 Å². The molecule has 0 spiro atoms. The molecule has 1 rings (SSSR count). The van der Waals surface area contributed by atoms with Crippen molar-refractivity contribution in [3.63, 3.8) is 0 Å². The van der Waals surface area contributed by atoms with E-state index in [4.69, 9.17) is 5.11 Å². The third kappa shape index (κ3) is 2.67. The van der Waals surface area contributed by atoms with Gasteiger partial charge >= 0.3 is 0 Å². The Morgan fingerprint density at radius 3 is 2.42 bits per heavy atom. The summed E-state index contributed by atoms with van der Waals surface area (Å²) in [5.41, 5.74) is 1.32. The highest BCUT2D eigenvalue weighted by Gasteiger charge is 2.04. The van der Waals surface area contributed by atoms with Crippen molar-refractivity contribution in [3.8, 4) is 0 Å². The number of aliphatic hydroxyl groups is 1. The number of hydrogen-bond donors (Lipinski definition) is 1. The Labute approximate surface area is 74.1 Å². The van der Waals surface area contributed by atoms with Crippen molar-refractivity contribution in [3.05, 3.63) is 35.9 Å². The molecule has 1 nitrogen and oxygen atoms in total. The molecule has 0 aliphatic rings. The lowest BCUT2D eigenvalue weighted by atomic mass is 9.98. The highest BCUT2D eigenvalue weighted by atomic mass is 16.3. The first-order chi connectivity index (χ1) is 5.86. The van der Waals surface area contributed by atoms with Gasteiger partial charge in [0.2, 0.25) is 0 Å². The van der Waals surface area contributed by atoms with E-state index in [1.54, 1.807) is 0 Å². The molecule has 1 atom stereocenters. The molecule has 1 heteroatoms. The fourth-order valence-electron chi connectivity index (χ4n) is 1.29. The van der Waals surface area contributed by atoms with E-state index in [-0.39, 0.29) is 0 Å². The SMILES string of the molecule is CCC(CO)Cc1ccccc1. The molecular formula is C11H16O. The van der Waals surface area contributed by atoms with Gasteiger partial charge in [-0.15, -0.1) is 0 Å². The van der Waals surface area contributed by atoms with Crippen molar-refractivity contribution in [1.29, 1.82) is 0 Å². The van der Waals surface area contributed by atoms with E-state index in [2.05, 4.69) is 19.1 Å². The summed E-state index contributed by atoms with van der Waals surface area (Å²) in [4.78, 5) is 0. The normalized spacial score (nSPS) is 12.8. The first-order valence-corrected chi connectivity index (χ1v) is 4.51. The number of rotatable bonds is 4. The molecule has 0 aliphatic carbocycles. The van der Waals surface area contributed by atoms with Gasteiger partial charge in [0.1, 0.15) is 0 Å². The third-order valence-corrected chi connectivity index (χ3v) is 2.20. The Balaban J connectivity index is 2.51. The minimum Gasteiger partial charge on any atom is -0.396 e. The topological polar surface area (TPSA) is 20.2 Å². The molecule has 0 radical (unpaired) electrons. The highest BCUT2D eigenvalue weighted by Crippen LogP contribution is 2.10. The fourth-order valence-corrected chi connectivity index (χ4v) is 1.29. The predicted molar refractivity (Wildman–Crippen MR) is 51.0 cm³/mol. The molecule has 1 aromatic carbocycles.